The van der Waals surface area contributed by atoms with Crippen LogP contribution in [-0.4, -0.2) is 16.5 Å². The maximum Gasteiger partial charge on any atom is 0.416 e. The number of nitrogens with zero attached hydrogens (tertiary/aromatic N) is 1. The first kappa shape index (κ1) is 18.0. The van der Waals surface area contributed by atoms with Crippen LogP contribution in [0.25, 0.3) is 10.9 Å². The molecule has 0 radical (unpaired) electrons. The molecular formula is C17H19F3N2O2. The molecule has 4 nitrogen and oxygen atoms in total. The number of amides is 1. The number of fused-ring (bicyclic) bond motifs is 1. The van der Waals surface area contributed by atoms with Gasteiger partial charge < -0.3 is 9.88 Å². The fraction of sp³-hybridized carbons (Fsp3) is 0.412. The molecule has 0 aliphatic heterocycles. The van der Waals surface area contributed by atoms with Crippen LogP contribution in [0.15, 0.2) is 29.2 Å². The largest absolute Gasteiger partial charge is 0.416 e. The molecule has 1 heterocycles. The van der Waals surface area contributed by atoms with Crippen LogP contribution in [0.5, 0.6) is 0 Å². The van der Waals surface area contributed by atoms with E-state index in [1.165, 1.54) is 12.3 Å². The average molecular weight is 340 g/mol. The van der Waals surface area contributed by atoms with Crippen LogP contribution < -0.4 is 10.7 Å². The minimum atomic E-state index is -4.55. The summed E-state index contributed by atoms with van der Waals surface area (Å²) in [4.78, 5) is 24.8. The van der Waals surface area contributed by atoms with Crippen molar-refractivity contribution in [2.45, 2.75) is 46.0 Å². The number of aryl methyl sites for hydroxylation is 1. The summed E-state index contributed by atoms with van der Waals surface area (Å²) in [5.74, 6) is -0.573. The highest BCUT2D eigenvalue weighted by molar-refractivity contribution is 5.97. The third kappa shape index (κ3) is 3.44. The normalized spacial score (nSPS) is 13.1. The van der Waals surface area contributed by atoms with Crippen molar-refractivity contribution >= 4 is 16.8 Å². The highest BCUT2D eigenvalue weighted by atomic mass is 19.4. The predicted octanol–water partition coefficient (Wildman–Crippen LogP) is 3.57. The van der Waals surface area contributed by atoms with E-state index < -0.39 is 23.1 Å². The average Bonchev–Trinajstić information content (AvgIpc) is 2.53. The molecule has 7 heteroatoms. The van der Waals surface area contributed by atoms with Gasteiger partial charge in [0.1, 0.15) is 5.56 Å². The zero-order valence-electron chi connectivity index (χ0n) is 13.7. The van der Waals surface area contributed by atoms with Gasteiger partial charge in [0.2, 0.25) is 5.43 Å². The maximum atomic E-state index is 12.9. The molecule has 1 aromatic heterocycles. The molecule has 0 unspecified atom stereocenters. The summed E-state index contributed by atoms with van der Waals surface area (Å²) >= 11 is 0. The number of carbonyl (C=O) groups excluding carboxylic acids is 1. The van der Waals surface area contributed by atoms with Crippen molar-refractivity contribution in [1.82, 2.24) is 9.88 Å². The first-order valence-corrected chi connectivity index (χ1v) is 7.74. The van der Waals surface area contributed by atoms with Crippen molar-refractivity contribution in [1.29, 1.82) is 0 Å². The number of pyridine rings is 1. The Bertz CT molecular complexity index is 825. The Morgan fingerprint density at radius 2 is 1.96 bits per heavy atom. The topological polar surface area (TPSA) is 51.1 Å². The van der Waals surface area contributed by atoms with Gasteiger partial charge >= 0.3 is 6.18 Å². The third-order valence-electron chi connectivity index (χ3n) is 3.98. The molecule has 2 aromatic rings. The lowest BCUT2D eigenvalue weighted by Crippen LogP contribution is -2.35. The maximum absolute atomic E-state index is 12.9. The van der Waals surface area contributed by atoms with Gasteiger partial charge in [-0.05, 0) is 38.5 Å². The molecule has 24 heavy (non-hydrogen) atoms. The van der Waals surface area contributed by atoms with E-state index in [1.807, 2.05) is 6.92 Å². The summed E-state index contributed by atoms with van der Waals surface area (Å²) in [6.45, 7) is 5.88. The molecule has 0 aliphatic rings. The van der Waals surface area contributed by atoms with Crippen molar-refractivity contribution in [3.8, 4) is 0 Å². The second kappa shape index (κ2) is 6.67. The van der Waals surface area contributed by atoms with Gasteiger partial charge in [-0.25, -0.2) is 0 Å². The van der Waals surface area contributed by atoms with Crippen LogP contribution in [0.2, 0.25) is 0 Å². The van der Waals surface area contributed by atoms with E-state index in [1.54, 1.807) is 18.4 Å². The van der Waals surface area contributed by atoms with Crippen LogP contribution in [0.4, 0.5) is 13.2 Å². The van der Waals surface area contributed by atoms with E-state index in [9.17, 15) is 22.8 Å². The van der Waals surface area contributed by atoms with Gasteiger partial charge in [0.25, 0.3) is 5.91 Å². The summed E-state index contributed by atoms with van der Waals surface area (Å²) in [7, 11) is 0. The lowest BCUT2D eigenvalue weighted by molar-refractivity contribution is -0.137. The highest BCUT2D eigenvalue weighted by Crippen LogP contribution is 2.30. The minimum absolute atomic E-state index is 0.108. The fourth-order valence-corrected chi connectivity index (χ4v) is 2.40. The summed E-state index contributed by atoms with van der Waals surface area (Å²) in [6.07, 6.45) is -2.47. The summed E-state index contributed by atoms with van der Waals surface area (Å²) in [6, 6.07) is 2.88. The number of hydrogen-bond donors (Lipinski definition) is 1. The molecule has 0 aliphatic carbocycles. The van der Waals surface area contributed by atoms with Gasteiger partial charge in [-0.15, -0.1) is 0 Å². The van der Waals surface area contributed by atoms with Crippen molar-refractivity contribution in [2.75, 3.05) is 0 Å². The van der Waals surface area contributed by atoms with Gasteiger partial charge in [-0.3, -0.25) is 9.59 Å². The predicted molar refractivity (Wildman–Crippen MR) is 86.1 cm³/mol. The number of carbonyl (C=O) groups is 1. The molecule has 1 amide bonds. The molecule has 0 saturated heterocycles. The van der Waals surface area contributed by atoms with Crippen LogP contribution in [0, 0.1) is 0 Å². The monoisotopic (exact) mass is 340 g/mol. The zero-order valence-corrected chi connectivity index (χ0v) is 13.7. The van der Waals surface area contributed by atoms with E-state index in [-0.39, 0.29) is 17.0 Å². The van der Waals surface area contributed by atoms with E-state index in [4.69, 9.17) is 0 Å². The number of benzene rings is 1. The van der Waals surface area contributed by atoms with Gasteiger partial charge in [0.05, 0.1) is 11.1 Å². The highest BCUT2D eigenvalue weighted by Gasteiger charge is 2.31. The molecule has 130 valence electrons. The van der Waals surface area contributed by atoms with Crippen LogP contribution >= 0.6 is 0 Å². The Labute approximate surface area is 137 Å². The molecule has 1 aromatic carbocycles. The summed E-state index contributed by atoms with van der Waals surface area (Å²) in [5, 5.41) is 2.57. The number of alkyl halides is 3. The van der Waals surface area contributed by atoms with E-state index in [0.717, 1.165) is 12.1 Å². The standard InChI is InChI=1S/C17H19F3N2O2/c1-4-10(3)21-16(24)13-9-22(5-2)14-7-6-11(17(18,19)20)8-12(14)15(13)23/h6-10H,4-5H2,1-3H3,(H,21,24)/t10-/m0/s1. The Kier molecular flexibility index (Phi) is 5.01. The Hall–Kier alpha value is -2.31. The zero-order chi connectivity index (χ0) is 18.1. The van der Waals surface area contributed by atoms with Crippen molar-refractivity contribution < 1.29 is 18.0 Å². The van der Waals surface area contributed by atoms with Crippen molar-refractivity contribution in [3.63, 3.8) is 0 Å². The third-order valence-corrected chi connectivity index (χ3v) is 3.98. The summed E-state index contributed by atoms with van der Waals surface area (Å²) in [5.41, 5.74) is -1.38. The molecule has 2 rings (SSSR count). The van der Waals surface area contributed by atoms with Crippen molar-refractivity contribution in [2.24, 2.45) is 0 Å². The number of aromatic nitrogens is 1. The van der Waals surface area contributed by atoms with E-state index in [2.05, 4.69) is 5.32 Å². The van der Waals surface area contributed by atoms with Crippen LogP contribution in [0.3, 0.4) is 0 Å². The molecule has 0 spiro atoms. The first-order chi connectivity index (χ1) is 11.2. The molecular weight excluding hydrogens is 321 g/mol. The fourth-order valence-electron chi connectivity index (χ4n) is 2.40. The SMILES string of the molecule is CC[C@H](C)NC(=O)c1cn(CC)c2ccc(C(F)(F)F)cc2c1=O. The Morgan fingerprint density at radius 1 is 1.29 bits per heavy atom. The van der Waals surface area contributed by atoms with Gasteiger partial charge in [0.15, 0.2) is 0 Å². The lowest BCUT2D eigenvalue weighted by Gasteiger charge is -2.15. The van der Waals surface area contributed by atoms with Gasteiger partial charge in [-0.2, -0.15) is 13.2 Å². The van der Waals surface area contributed by atoms with E-state index >= 15 is 0 Å². The Balaban J connectivity index is 2.68. The lowest BCUT2D eigenvalue weighted by atomic mass is 10.1. The minimum Gasteiger partial charge on any atom is -0.349 e. The summed E-state index contributed by atoms with van der Waals surface area (Å²) < 4.78 is 40.4. The number of hydrogen-bond acceptors (Lipinski definition) is 2. The quantitative estimate of drug-likeness (QED) is 0.925. The van der Waals surface area contributed by atoms with E-state index in [0.29, 0.717) is 18.5 Å². The van der Waals surface area contributed by atoms with Crippen molar-refractivity contribution in [3.05, 3.63) is 45.7 Å². The molecule has 0 fully saturated rings. The smallest absolute Gasteiger partial charge is 0.349 e. The molecule has 0 bridgehead atoms. The molecule has 1 atom stereocenters. The number of rotatable bonds is 4. The molecule has 0 saturated carbocycles. The van der Waals surface area contributed by atoms with Gasteiger partial charge in [-0.1, -0.05) is 6.92 Å². The second-order valence-corrected chi connectivity index (χ2v) is 5.67. The second-order valence-electron chi connectivity index (χ2n) is 5.67. The number of nitrogens with one attached hydrogen (secondary N) is 1. The first-order valence-electron chi connectivity index (χ1n) is 7.74. The van der Waals surface area contributed by atoms with Crippen LogP contribution in [0.1, 0.15) is 43.1 Å². The van der Waals surface area contributed by atoms with Gasteiger partial charge in [0, 0.05) is 24.2 Å². The molecule has 1 N–H and O–H groups in total. The van der Waals surface area contributed by atoms with Crippen LogP contribution in [-0.2, 0) is 12.7 Å². The Morgan fingerprint density at radius 3 is 2.50 bits per heavy atom. The number of halogens is 3.